The van der Waals surface area contributed by atoms with Crippen LogP contribution in [0.2, 0.25) is 0 Å². The molecule has 0 fully saturated rings. The maximum absolute atomic E-state index is 8.97. The average Bonchev–Trinajstić information content (AvgIpc) is 2.62. The van der Waals surface area contributed by atoms with Crippen molar-refractivity contribution in [2.24, 2.45) is 0 Å². The monoisotopic (exact) mass is 223 g/mol. The van der Waals surface area contributed by atoms with Gasteiger partial charge in [0.2, 0.25) is 0 Å². The molecule has 1 unspecified atom stereocenters. The van der Waals surface area contributed by atoms with E-state index in [4.69, 9.17) is 5.26 Å². The lowest BCUT2D eigenvalue weighted by molar-refractivity contribution is 0.575. The van der Waals surface area contributed by atoms with Crippen molar-refractivity contribution in [1.29, 1.82) is 5.26 Å². The molecule has 0 saturated carbocycles. The zero-order valence-corrected chi connectivity index (χ0v) is 10.5. The van der Waals surface area contributed by atoms with Crippen LogP contribution >= 0.6 is 11.3 Å². The van der Waals surface area contributed by atoms with Crippen molar-refractivity contribution < 1.29 is 0 Å². The van der Waals surface area contributed by atoms with Crippen molar-refractivity contribution in [2.45, 2.75) is 39.2 Å². The van der Waals surface area contributed by atoms with Gasteiger partial charge in [-0.2, -0.15) is 5.26 Å². The van der Waals surface area contributed by atoms with Crippen LogP contribution in [0.15, 0.2) is 5.38 Å². The van der Waals surface area contributed by atoms with Crippen molar-refractivity contribution in [3.8, 4) is 6.07 Å². The highest BCUT2D eigenvalue weighted by atomic mass is 32.1. The molecule has 0 saturated heterocycles. The van der Waals surface area contributed by atoms with Crippen LogP contribution < -0.4 is 5.32 Å². The number of hydrogen-bond donors (Lipinski definition) is 1. The van der Waals surface area contributed by atoms with Crippen molar-refractivity contribution in [2.75, 3.05) is 6.54 Å². The van der Waals surface area contributed by atoms with Gasteiger partial charge in [-0.15, -0.1) is 11.3 Å². The second kappa shape index (κ2) is 4.73. The van der Waals surface area contributed by atoms with Gasteiger partial charge >= 0.3 is 0 Å². The lowest BCUT2D eigenvalue weighted by atomic mass is 9.98. The first-order valence-electron chi connectivity index (χ1n) is 5.08. The topological polar surface area (TPSA) is 48.7 Å². The third-order valence-corrected chi connectivity index (χ3v) is 3.28. The fourth-order valence-corrected chi connectivity index (χ4v) is 2.12. The summed E-state index contributed by atoms with van der Waals surface area (Å²) in [6, 6.07) is 1.94. The van der Waals surface area contributed by atoms with Gasteiger partial charge in [-0.05, 0) is 6.54 Å². The summed E-state index contributed by atoms with van der Waals surface area (Å²) in [5, 5.41) is 15.1. The number of nitrogens with zero attached hydrogens (tertiary/aromatic N) is 2. The van der Waals surface area contributed by atoms with Crippen LogP contribution in [-0.2, 0) is 5.41 Å². The van der Waals surface area contributed by atoms with E-state index in [2.05, 4.69) is 37.1 Å². The van der Waals surface area contributed by atoms with E-state index >= 15 is 0 Å². The van der Waals surface area contributed by atoms with Gasteiger partial charge in [-0.3, -0.25) is 5.32 Å². The van der Waals surface area contributed by atoms with Crippen molar-refractivity contribution in [1.82, 2.24) is 10.3 Å². The largest absolute Gasteiger partial charge is 0.297 e. The Morgan fingerprint density at radius 2 is 2.27 bits per heavy atom. The van der Waals surface area contributed by atoms with Crippen LogP contribution in [0.5, 0.6) is 0 Å². The lowest BCUT2D eigenvalue weighted by Crippen LogP contribution is -2.20. The zero-order valence-electron chi connectivity index (χ0n) is 9.66. The molecule has 15 heavy (non-hydrogen) atoms. The molecule has 1 rings (SSSR count). The molecule has 1 atom stereocenters. The number of nitriles is 1. The summed E-state index contributed by atoms with van der Waals surface area (Å²) in [5.41, 5.74) is 0.907. The van der Waals surface area contributed by atoms with E-state index in [1.54, 1.807) is 11.3 Å². The molecule has 3 nitrogen and oxygen atoms in total. The van der Waals surface area contributed by atoms with E-state index in [0.717, 1.165) is 17.2 Å². The molecule has 1 N–H and O–H groups in total. The van der Waals surface area contributed by atoms with Gasteiger partial charge in [0, 0.05) is 10.8 Å². The van der Waals surface area contributed by atoms with Crippen LogP contribution in [0.1, 0.15) is 44.4 Å². The Morgan fingerprint density at radius 1 is 1.60 bits per heavy atom. The summed E-state index contributed by atoms with van der Waals surface area (Å²) in [6.45, 7) is 9.15. The minimum Gasteiger partial charge on any atom is -0.297 e. The van der Waals surface area contributed by atoms with Crippen molar-refractivity contribution in [3.05, 3.63) is 16.1 Å². The second-order valence-electron chi connectivity index (χ2n) is 4.45. The molecule has 0 aliphatic carbocycles. The third kappa shape index (κ3) is 3.01. The molecule has 1 aromatic rings. The zero-order chi connectivity index (χ0) is 11.5. The molecule has 82 valence electrons. The molecular formula is C11H17N3S. The van der Waals surface area contributed by atoms with E-state index < -0.39 is 0 Å². The lowest BCUT2D eigenvalue weighted by Gasteiger charge is -2.14. The predicted molar refractivity (Wildman–Crippen MR) is 62.8 cm³/mol. The highest BCUT2D eigenvalue weighted by molar-refractivity contribution is 7.09. The van der Waals surface area contributed by atoms with E-state index in [-0.39, 0.29) is 11.5 Å². The molecule has 0 bridgehead atoms. The number of hydrogen-bond acceptors (Lipinski definition) is 4. The van der Waals surface area contributed by atoms with E-state index in [1.165, 1.54) is 0 Å². The Labute approximate surface area is 95.2 Å². The average molecular weight is 223 g/mol. The third-order valence-electron chi connectivity index (χ3n) is 2.00. The number of thiazole rings is 1. The molecule has 0 aliphatic rings. The minimum atomic E-state index is -0.276. The standard InChI is InChI=1S/C11H17N3S/c1-5-13-8(6-12)9-7-15-10(14-9)11(2,3)4/h7-8,13H,5H2,1-4H3. The smallest absolute Gasteiger partial charge is 0.139 e. The summed E-state index contributed by atoms with van der Waals surface area (Å²) in [5.74, 6) is 0. The SMILES string of the molecule is CCNC(C#N)c1csc(C(C)(C)C)n1. The minimum absolute atomic E-state index is 0.0646. The van der Waals surface area contributed by atoms with Crippen molar-refractivity contribution in [3.63, 3.8) is 0 Å². The van der Waals surface area contributed by atoms with Gasteiger partial charge in [0.1, 0.15) is 6.04 Å². The summed E-state index contributed by atoms with van der Waals surface area (Å²) in [7, 11) is 0. The maximum Gasteiger partial charge on any atom is 0.139 e. The molecular weight excluding hydrogens is 206 g/mol. The summed E-state index contributed by atoms with van der Waals surface area (Å²) in [6.07, 6.45) is 0. The Kier molecular flexibility index (Phi) is 3.83. The Bertz CT molecular complexity index is 357. The Hall–Kier alpha value is -0.920. The van der Waals surface area contributed by atoms with Crippen molar-refractivity contribution >= 4 is 11.3 Å². The molecule has 4 heteroatoms. The van der Waals surface area contributed by atoms with Gasteiger partial charge in [0.25, 0.3) is 0 Å². The van der Waals surface area contributed by atoms with Gasteiger partial charge in [0.05, 0.1) is 16.8 Å². The van der Waals surface area contributed by atoms with Crippen LogP contribution in [-0.4, -0.2) is 11.5 Å². The molecule has 1 heterocycles. The van der Waals surface area contributed by atoms with Crippen LogP contribution in [0, 0.1) is 11.3 Å². The molecule has 1 aromatic heterocycles. The molecule has 0 amide bonds. The first-order valence-corrected chi connectivity index (χ1v) is 5.96. The number of rotatable bonds is 3. The molecule has 0 aromatic carbocycles. The van der Waals surface area contributed by atoms with Gasteiger partial charge in [0.15, 0.2) is 0 Å². The van der Waals surface area contributed by atoms with Gasteiger partial charge in [-0.25, -0.2) is 4.98 Å². The number of nitrogens with one attached hydrogen (secondary N) is 1. The summed E-state index contributed by atoms with van der Waals surface area (Å²) >= 11 is 1.62. The number of aromatic nitrogens is 1. The normalized spacial score (nSPS) is 13.5. The van der Waals surface area contributed by atoms with Gasteiger partial charge < -0.3 is 0 Å². The molecule has 0 spiro atoms. The van der Waals surface area contributed by atoms with Crippen LogP contribution in [0.4, 0.5) is 0 Å². The quantitative estimate of drug-likeness (QED) is 0.857. The highest BCUT2D eigenvalue weighted by Gasteiger charge is 2.20. The second-order valence-corrected chi connectivity index (χ2v) is 5.31. The highest BCUT2D eigenvalue weighted by Crippen LogP contribution is 2.27. The molecule has 0 aliphatic heterocycles. The Balaban J connectivity index is 2.88. The van der Waals surface area contributed by atoms with E-state index in [9.17, 15) is 0 Å². The van der Waals surface area contributed by atoms with E-state index in [1.807, 2.05) is 12.3 Å². The maximum atomic E-state index is 8.97. The van der Waals surface area contributed by atoms with Crippen LogP contribution in [0.25, 0.3) is 0 Å². The fraction of sp³-hybridized carbons (Fsp3) is 0.636. The summed E-state index contributed by atoms with van der Waals surface area (Å²) in [4.78, 5) is 4.50. The van der Waals surface area contributed by atoms with Crippen LogP contribution in [0.3, 0.4) is 0 Å². The summed E-state index contributed by atoms with van der Waals surface area (Å²) < 4.78 is 0. The predicted octanol–water partition coefficient (Wildman–Crippen LogP) is 2.61. The first kappa shape index (κ1) is 12.2. The fourth-order valence-electron chi connectivity index (χ4n) is 1.18. The Morgan fingerprint density at radius 3 is 2.67 bits per heavy atom. The van der Waals surface area contributed by atoms with E-state index in [0.29, 0.717) is 0 Å². The first-order chi connectivity index (χ1) is 6.99. The molecule has 0 radical (unpaired) electrons. The van der Waals surface area contributed by atoms with Gasteiger partial charge in [-0.1, -0.05) is 27.7 Å².